The zero-order valence-electron chi connectivity index (χ0n) is 11.2. The molecule has 2 heterocycles. The number of carbonyl (C=O) groups excluding carboxylic acids is 1. The Kier molecular flexibility index (Phi) is 4.16. The lowest BCUT2D eigenvalue weighted by Gasteiger charge is -2.09. The summed E-state index contributed by atoms with van der Waals surface area (Å²) in [4.78, 5) is 18.1. The first-order valence-corrected chi connectivity index (χ1v) is 6.89. The van der Waals surface area contributed by atoms with Crippen molar-refractivity contribution in [2.75, 3.05) is 11.9 Å². The molecule has 0 bridgehead atoms. The summed E-state index contributed by atoms with van der Waals surface area (Å²) in [5.74, 6) is 0.318. The maximum atomic E-state index is 12.2. The van der Waals surface area contributed by atoms with Crippen LogP contribution in [0.5, 0.6) is 5.88 Å². The second-order valence-corrected chi connectivity index (χ2v) is 5.35. The fraction of sp³-hybridized carbons (Fsp3) is 0.286. The molecule has 0 aliphatic heterocycles. The summed E-state index contributed by atoms with van der Waals surface area (Å²) >= 11 is 1.49. The predicted octanol–water partition coefficient (Wildman–Crippen LogP) is 3.41. The zero-order valence-corrected chi connectivity index (χ0v) is 12.0. The van der Waals surface area contributed by atoms with Gasteiger partial charge in [-0.05, 0) is 44.5 Å². The van der Waals surface area contributed by atoms with Gasteiger partial charge in [-0.25, -0.2) is 4.98 Å². The van der Waals surface area contributed by atoms with Gasteiger partial charge in [-0.3, -0.25) is 4.79 Å². The van der Waals surface area contributed by atoms with Crippen molar-refractivity contribution in [1.29, 1.82) is 0 Å². The molecular formula is C14H16N2O2S. The van der Waals surface area contributed by atoms with Crippen LogP contribution in [0.15, 0.2) is 24.4 Å². The third kappa shape index (κ3) is 3.12. The van der Waals surface area contributed by atoms with Gasteiger partial charge < -0.3 is 10.1 Å². The minimum absolute atomic E-state index is 0.129. The van der Waals surface area contributed by atoms with E-state index in [-0.39, 0.29) is 5.91 Å². The van der Waals surface area contributed by atoms with Gasteiger partial charge in [0, 0.05) is 11.1 Å². The van der Waals surface area contributed by atoms with Crippen molar-refractivity contribution in [1.82, 2.24) is 4.98 Å². The number of ether oxygens (including phenoxy) is 1. The Morgan fingerprint density at radius 3 is 2.89 bits per heavy atom. The Balaban J connectivity index is 2.19. The van der Waals surface area contributed by atoms with Gasteiger partial charge in [0.2, 0.25) is 5.88 Å². The highest BCUT2D eigenvalue weighted by Gasteiger charge is 2.13. The monoisotopic (exact) mass is 276 g/mol. The standard InChI is InChI=1S/C14H16N2O2S/c1-4-18-14-11(6-5-7-15-14)16-13(17)12-8-9(2)10(3)19-12/h5-8H,4H2,1-3H3,(H,16,17). The van der Waals surface area contributed by atoms with Crippen molar-refractivity contribution in [2.24, 2.45) is 0 Å². The van der Waals surface area contributed by atoms with E-state index < -0.39 is 0 Å². The third-order valence-electron chi connectivity index (χ3n) is 2.69. The molecule has 0 spiro atoms. The first-order chi connectivity index (χ1) is 9.11. The maximum Gasteiger partial charge on any atom is 0.265 e. The van der Waals surface area contributed by atoms with Crippen LogP contribution in [0.25, 0.3) is 0 Å². The van der Waals surface area contributed by atoms with Gasteiger partial charge in [-0.2, -0.15) is 0 Å². The number of thiophene rings is 1. The summed E-state index contributed by atoms with van der Waals surface area (Å²) in [7, 11) is 0. The Hall–Kier alpha value is -1.88. The van der Waals surface area contributed by atoms with E-state index in [0.717, 1.165) is 10.4 Å². The van der Waals surface area contributed by atoms with E-state index in [0.29, 0.717) is 23.1 Å². The van der Waals surface area contributed by atoms with Gasteiger partial charge in [0.1, 0.15) is 5.69 Å². The molecule has 5 heteroatoms. The summed E-state index contributed by atoms with van der Waals surface area (Å²) in [6.45, 7) is 6.40. The first-order valence-electron chi connectivity index (χ1n) is 6.08. The van der Waals surface area contributed by atoms with Crippen molar-refractivity contribution in [2.45, 2.75) is 20.8 Å². The molecule has 19 heavy (non-hydrogen) atoms. The molecule has 2 rings (SSSR count). The number of nitrogens with one attached hydrogen (secondary N) is 1. The molecule has 0 saturated carbocycles. The van der Waals surface area contributed by atoms with Crippen molar-refractivity contribution >= 4 is 22.9 Å². The summed E-state index contributed by atoms with van der Waals surface area (Å²) in [6, 6.07) is 5.44. The lowest BCUT2D eigenvalue weighted by atomic mass is 10.3. The quantitative estimate of drug-likeness (QED) is 0.931. The Labute approximate surface area is 116 Å². The van der Waals surface area contributed by atoms with E-state index in [2.05, 4.69) is 10.3 Å². The molecule has 0 aromatic carbocycles. The van der Waals surface area contributed by atoms with E-state index in [4.69, 9.17) is 4.74 Å². The predicted molar refractivity (Wildman–Crippen MR) is 77.2 cm³/mol. The molecule has 0 radical (unpaired) electrons. The number of rotatable bonds is 4. The van der Waals surface area contributed by atoms with Gasteiger partial charge in [-0.1, -0.05) is 0 Å². The van der Waals surface area contributed by atoms with Crippen LogP contribution >= 0.6 is 11.3 Å². The molecule has 2 aromatic rings. The molecule has 1 N–H and O–H groups in total. The molecule has 2 aromatic heterocycles. The molecule has 100 valence electrons. The lowest BCUT2D eigenvalue weighted by molar-refractivity contribution is 0.103. The normalized spacial score (nSPS) is 10.3. The summed E-state index contributed by atoms with van der Waals surface area (Å²) in [5.41, 5.74) is 1.73. The van der Waals surface area contributed by atoms with E-state index in [9.17, 15) is 4.79 Å². The van der Waals surface area contributed by atoms with Crippen LogP contribution in [0.2, 0.25) is 0 Å². The molecule has 1 amide bonds. The van der Waals surface area contributed by atoms with Crippen LogP contribution in [0.3, 0.4) is 0 Å². The van der Waals surface area contributed by atoms with Crippen molar-refractivity contribution in [3.05, 3.63) is 39.7 Å². The molecule has 0 aliphatic rings. The second-order valence-electron chi connectivity index (χ2n) is 4.09. The Morgan fingerprint density at radius 2 is 2.26 bits per heavy atom. The van der Waals surface area contributed by atoms with Gasteiger partial charge in [0.25, 0.3) is 5.91 Å². The second kappa shape index (κ2) is 5.84. The zero-order chi connectivity index (χ0) is 13.8. The van der Waals surface area contributed by atoms with E-state index in [1.54, 1.807) is 18.3 Å². The SMILES string of the molecule is CCOc1ncccc1NC(=O)c1cc(C)c(C)s1. The number of hydrogen-bond donors (Lipinski definition) is 1. The average Bonchev–Trinajstić information content (AvgIpc) is 2.72. The van der Waals surface area contributed by atoms with E-state index >= 15 is 0 Å². The fourth-order valence-corrected chi connectivity index (χ4v) is 2.54. The number of nitrogens with zero attached hydrogens (tertiary/aromatic N) is 1. The van der Waals surface area contributed by atoms with Crippen LogP contribution in [-0.4, -0.2) is 17.5 Å². The largest absolute Gasteiger partial charge is 0.476 e. The van der Waals surface area contributed by atoms with Crippen LogP contribution < -0.4 is 10.1 Å². The number of hydrogen-bond acceptors (Lipinski definition) is 4. The molecule has 0 atom stereocenters. The highest BCUT2D eigenvalue weighted by molar-refractivity contribution is 7.14. The summed E-state index contributed by atoms with van der Waals surface area (Å²) in [6.07, 6.45) is 1.64. The number of aromatic nitrogens is 1. The number of amides is 1. The molecule has 0 unspecified atom stereocenters. The molecule has 0 saturated heterocycles. The van der Waals surface area contributed by atoms with E-state index in [1.807, 2.05) is 26.8 Å². The average molecular weight is 276 g/mol. The number of pyridine rings is 1. The van der Waals surface area contributed by atoms with Crippen LogP contribution in [0.1, 0.15) is 27.0 Å². The molecule has 0 aliphatic carbocycles. The summed E-state index contributed by atoms with van der Waals surface area (Å²) in [5, 5.41) is 2.84. The molecule has 4 nitrogen and oxygen atoms in total. The Bertz CT molecular complexity index is 573. The molecule has 0 fully saturated rings. The smallest absolute Gasteiger partial charge is 0.265 e. The maximum absolute atomic E-state index is 12.2. The summed E-state index contributed by atoms with van der Waals surface area (Å²) < 4.78 is 5.38. The van der Waals surface area contributed by atoms with Gasteiger partial charge in [-0.15, -0.1) is 11.3 Å². The highest BCUT2D eigenvalue weighted by Crippen LogP contribution is 2.24. The number of aryl methyl sites for hydroxylation is 2. The van der Waals surface area contributed by atoms with Crippen LogP contribution in [0.4, 0.5) is 5.69 Å². The minimum Gasteiger partial charge on any atom is -0.476 e. The van der Waals surface area contributed by atoms with Crippen LogP contribution in [-0.2, 0) is 0 Å². The highest BCUT2D eigenvalue weighted by atomic mass is 32.1. The van der Waals surface area contributed by atoms with Gasteiger partial charge in [0.15, 0.2) is 0 Å². The number of anilines is 1. The first kappa shape index (κ1) is 13.5. The van der Waals surface area contributed by atoms with Crippen LogP contribution in [0, 0.1) is 13.8 Å². The lowest BCUT2D eigenvalue weighted by Crippen LogP contribution is -2.12. The van der Waals surface area contributed by atoms with Crippen molar-refractivity contribution in [3.63, 3.8) is 0 Å². The van der Waals surface area contributed by atoms with Gasteiger partial charge in [0.05, 0.1) is 11.5 Å². The van der Waals surface area contributed by atoms with E-state index in [1.165, 1.54) is 11.3 Å². The topological polar surface area (TPSA) is 51.2 Å². The van der Waals surface area contributed by atoms with Crippen molar-refractivity contribution in [3.8, 4) is 5.88 Å². The molecular weight excluding hydrogens is 260 g/mol. The van der Waals surface area contributed by atoms with Gasteiger partial charge >= 0.3 is 0 Å². The third-order valence-corrected chi connectivity index (χ3v) is 3.84. The van der Waals surface area contributed by atoms with Crippen molar-refractivity contribution < 1.29 is 9.53 Å². The Morgan fingerprint density at radius 1 is 1.47 bits per heavy atom. The minimum atomic E-state index is -0.129. The number of carbonyl (C=O) groups is 1. The fourth-order valence-electron chi connectivity index (χ4n) is 1.61.